The minimum Gasteiger partial charge on any atom is -0.356 e. The van der Waals surface area contributed by atoms with Crippen molar-refractivity contribution in [3.8, 4) is 0 Å². The van der Waals surface area contributed by atoms with Crippen molar-refractivity contribution in [3.63, 3.8) is 0 Å². The molecule has 2 N–H and O–H groups in total. The van der Waals surface area contributed by atoms with Crippen LogP contribution < -0.4 is 10.6 Å². The Bertz CT molecular complexity index is 516. The average Bonchev–Trinajstić information content (AvgIpc) is 2.61. The molecule has 1 aliphatic rings. The monoisotopic (exact) mass is 344 g/mol. The third kappa shape index (κ3) is 7.07. The molecule has 0 spiro atoms. The standard InChI is InChI=1S/C21H36N4/c1-5-13-25-14-11-19(12-15-25)24-20(22-4)23-17-21(2,3)16-18-9-7-6-8-10-18/h6-10,19H,5,11-17H2,1-4H3,(H2,22,23,24). The van der Waals surface area contributed by atoms with Gasteiger partial charge in [0.15, 0.2) is 5.96 Å². The van der Waals surface area contributed by atoms with Crippen molar-refractivity contribution in [1.29, 1.82) is 0 Å². The van der Waals surface area contributed by atoms with E-state index in [9.17, 15) is 0 Å². The lowest BCUT2D eigenvalue weighted by Gasteiger charge is -2.33. The third-order valence-corrected chi connectivity index (χ3v) is 4.95. The zero-order valence-corrected chi connectivity index (χ0v) is 16.5. The molecule has 140 valence electrons. The lowest BCUT2D eigenvalue weighted by Crippen LogP contribution is -2.50. The molecule has 0 saturated carbocycles. The summed E-state index contributed by atoms with van der Waals surface area (Å²) in [7, 11) is 1.87. The van der Waals surface area contributed by atoms with Gasteiger partial charge in [0.25, 0.3) is 0 Å². The molecule has 0 aliphatic carbocycles. The van der Waals surface area contributed by atoms with E-state index in [0.717, 1.165) is 18.9 Å². The molecule has 0 radical (unpaired) electrons. The van der Waals surface area contributed by atoms with Crippen LogP contribution in [0.1, 0.15) is 45.6 Å². The maximum absolute atomic E-state index is 4.43. The number of piperidine rings is 1. The van der Waals surface area contributed by atoms with Crippen molar-refractivity contribution in [3.05, 3.63) is 35.9 Å². The van der Waals surface area contributed by atoms with Crippen LogP contribution in [0.15, 0.2) is 35.3 Å². The molecule has 4 nitrogen and oxygen atoms in total. The highest BCUT2D eigenvalue weighted by Gasteiger charge is 2.22. The van der Waals surface area contributed by atoms with Gasteiger partial charge in [-0.1, -0.05) is 51.1 Å². The van der Waals surface area contributed by atoms with E-state index < -0.39 is 0 Å². The number of hydrogen-bond donors (Lipinski definition) is 2. The fourth-order valence-electron chi connectivity index (χ4n) is 3.54. The Morgan fingerprint density at radius 2 is 1.88 bits per heavy atom. The van der Waals surface area contributed by atoms with E-state index in [1.807, 2.05) is 7.05 Å². The quantitative estimate of drug-likeness (QED) is 0.589. The second-order valence-corrected chi connectivity index (χ2v) is 8.01. The summed E-state index contributed by atoms with van der Waals surface area (Å²) in [6.07, 6.45) is 4.72. The second kappa shape index (κ2) is 9.81. The highest BCUT2D eigenvalue weighted by molar-refractivity contribution is 5.80. The maximum atomic E-state index is 4.43. The van der Waals surface area contributed by atoms with Crippen molar-refractivity contribution >= 4 is 5.96 Å². The van der Waals surface area contributed by atoms with E-state index in [-0.39, 0.29) is 5.41 Å². The van der Waals surface area contributed by atoms with Gasteiger partial charge in [0, 0.05) is 32.7 Å². The Morgan fingerprint density at radius 3 is 2.48 bits per heavy atom. The second-order valence-electron chi connectivity index (χ2n) is 8.01. The van der Waals surface area contributed by atoms with Gasteiger partial charge < -0.3 is 15.5 Å². The third-order valence-electron chi connectivity index (χ3n) is 4.95. The van der Waals surface area contributed by atoms with E-state index >= 15 is 0 Å². The number of guanidine groups is 1. The summed E-state index contributed by atoms with van der Waals surface area (Å²) in [6, 6.07) is 11.3. The molecule has 1 aromatic carbocycles. The zero-order valence-electron chi connectivity index (χ0n) is 16.5. The van der Waals surface area contributed by atoms with Crippen LogP contribution in [0.2, 0.25) is 0 Å². The molecule has 4 heteroatoms. The largest absolute Gasteiger partial charge is 0.356 e. The smallest absolute Gasteiger partial charge is 0.191 e. The maximum Gasteiger partial charge on any atom is 0.191 e. The lowest BCUT2D eigenvalue weighted by molar-refractivity contribution is 0.206. The Morgan fingerprint density at radius 1 is 1.20 bits per heavy atom. The molecular weight excluding hydrogens is 308 g/mol. The molecular formula is C21H36N4. The van der Waals surface area contributed by atoms with E-state index in [0.29, 0.717) is 6.04 Å². The van der Waals surface area contributed by atoms with Crippen LogP contribution in [0.25, 0.3) is 0 Å². The van der Waals surface area contributed by atoms with E-state index in [1.165, 1.54) is 44.5 Å². The van der Waals surface area contributed by atoms with Gasteiger partial charge >= 0.3 is 0 Å². The van der Waals surface area contributed by atoms with Crippen molar-refractivity contribution in [2.24, 2.45) is 10.4 Å². The fourth-order valence-corrected chi connectivity index (χ4v) is 3.54. The molecule has 0 atom stereocenters. The summed E-state index contributed by atoms with van der Waals surface area (Å²) in [5.41, 5.74) is 1.57. The minimum absolute atomic E-state index is 0.184. The van der Waals surface area contributed by atoms with Gasteiger partial charge in [-0.2, -0.15) is 0 Å². The van der Waals surface area contributed by atoms with Gasteiger partial charge in [0.1, 0.15) is 0 Å². The lowest BCUT2D eigenvalue weighted by atomic mass is 9.86. The van der Waals surface area contributed by atoms with Gasteiger partial charge in [-0.3, -0.25) is 4.99 Å². The van der Waals surface area contributed by atoms with Crippen LogP contribution in [-0.4, -0.2) is 50.1 Å². The topological polar surface area (TPSA) is 39.7 Å². The summed E-state index contributed by atoms with van der Waals surface area (Å²) >= 11 is 0. The molecule has 2 rings (SSSR count). The molecule has 1 saturated heterocycles. The molecule has 1 fully saturated rings. The van der Waals surface area contributed by atoms with Gasteiger partial charge in [-0.05, 0) is 43.2 Å². The first-order chi connectivity index (χ1) is 12.0. The highest BCUT2D eigenvalue weighted by Crippen LogP contribution is 2.20. The van der Waals surface area contributed by atoms with Crippen molar-refractivity contribution in [2.45, 2.75) is 52.5 Å². The number of nitrogens with zero attached hydrogens (tertiary/aromatic N) is 2. The molecule has 0 unspecified atom stereocenters. The van der Waals surface area contributed by atoms with Crippen LogP contribution in [0.3, 0.4) is 0 Å². The summed E-state index contributed by atoms with van der Waals surface area (Å²) < 4.78 is 0. The van der Waals surface area contributed by atoms with Crippen LogP contribution in [0.4, 0.5) is 0 Å². The first-order valence-electron chi connectivity index (χ1n) is 9.76. The molecule has 0 bridgehead atoms. The molecule has 25 heavy (non-hydrogen) atoms. The van der Waals surface area contributed by atoms with Crippen molar-refractivity contribution in [1.82, 2.24) is 15.5 Å². The van der Waals surface area contributed by atoms with E-state index in [1.54, 1.807) is 0 Å². The van der Waals surface area contributed by atoms with E-state index in [2.05, 4.69) is 71.6 Å². The number of likely N-dealkylation sites (tertiary alicyclic amines) is 1. The zero-order chi connectivity index (χ0) is 18.1. The minimum atomic E-state index is 0.184. The van der Waals surface area contributed by atoms with Crippen molar-refractivity contribution < 1.29 is 0 Å². The Hall–Kier alpha value is -1.55. The molecule has 0 aromatic heterocycles. The number of rotatable bonds is 7. The number of benzene rings is 1. The van der Waals surface area contributed by atoms with Gasteiger partial charge in [0.2, 0.25) is 0 Å². The summed E-state index contributed by atoms with van der Waals surface area (Å²) in [4.78, 5) is 7.00. The predicted molar refractivity (Wildman–Crippen MR) is 108 cm³/mol. The highest BCUT2D eigenvalue weighted by atomic mass is 15.2. The number of hydrogen-bond acceptors (Lipinski definition) is 2. The van der Waals surface area contributed by atoms with Crippen LogP contribution >= 0.6 is 0 Å². The normalized spacial score (nSPS) is 17.5. The number of nitrogens with one attached hydrogen (secondary N) is 2. The van der Waals surface area contributed by atoms with Gasteiger partial charge in [-0.25, -0.2) is 0 Å². The van der Waals surface area contributed by atoms with Gasteiger partial charge in [0.05, 0.1) is 0 Å². The molecule has 1 aliphatic heterocycles. The average molecular weight is 345 g/mol. The Balaban J connectivity index is 1.76. The van der Waals surface area contributed by atoms with Crippen LogP contribution in [0.5, 0.6) is 0 Å². The SMILES string of the molecule is CCCN1CCC(NC(=NC)NCC(C)(C)Cc2ccccc2)CC1. The molecule has 0 amide bonds. The summed E-state index contributed by atoms with van der Waals surface area (Å²) in [5.74, 6) is 0.940. The first-order valence-corrected chi connectivity index (χ1v) is 9.76. The predicted octanol–water partition coefficient (Wildman–Crippen LogP) is 3.29. The van der Waals surface area contributed by atoms with Crippen LogP contribution in [-0.2, 0) is 6.42 Å². The fraction of sp³-hybridized carbons (Fsp3) is 0.667. The first kappa shape index (κ1) is 19.8. The van der Waals surface area contributed by atoms with Gasteiger partial charge in [-0.15, -0.1) is 0 Å². The Labute approximate surface area is 154 Å². The summed E-state index contributed by atoms with van der Waals surface area (Å²) in [6.45, 7) is 11.4. The van der Waals surface area contributed by atoms with E-state index in [4.69, 9.17) is 0 Å². The van der Waals surface area contributed by atoms with Crippen molar-refractivity contribution in [2.75, 3.05) is 33.2 Å². The number of aliphatic imine (C=N–C) groups is 1. The summed E-state index contributed by atoms with van der Waals surface area (Å²) in [5, 5.41) is 7.16. The van der Waals surface area contributed by atoms with Crippen LogP contribution in [0, 0.1) is 5.41 Å². The molecule has 1 heterocycles. The molecule has 1 aromatic rings. The Kier molecular flexibility index (Phi) is 7.76.